The molecule has 1 aliphatic rings. The van der Waals surface area contributed by atoms with E-state index in [0.717, 1.165) is 25.1 Å². The molecule has 4 heteroatoms. The molecule has 2 N–H and O–H groups in total. The second-order valence-electron chi connectivity index (χ2n) is 5.30. The summed E-state index contributed by atoms with van der Waals surface area (Å²) in [7, 11) is 0. The van der Waals surface area contributed by atoms with E-state index in [-0.39, 0.29) is 6.10 Å². The molecule has 1 aromatic rings. The lowest BCUT2D eigenvalue weighted by Gasteiger charge is -2.10. The van der Waals surface area contributed by atoms with Gasteiger partial charge in [0.1, 0.15) is 0 Å². The molecule has 0 aliphatic heterocycles. The Morgan fingerprint density at radius 2 is 2.28 bits per heavy atom. The van der Waals surface area contributed by atoms with E-state index in [1.165, 1.54) is 25.7 Å². The number of nitrogens with one attached hydrogen (secondary N) is 1. The van der Waals surface area contributed by atoms with E-state index in [2.05, 4.69) is 34.3 Å². The third-order valence-corrected chi connectivity index (χ3v) is 3.67. The highest BCUT2D eigenvalue weighted by Gasteiger charge is 2.17. The Kier molecular flexibility index (Phi) is 5.20. The Morgan fingerprint density at radius 1 is 1.50 bits per heavy atom. The third kappa shape index (κ3) is 3.82. The van der Waals surface area contributed by atoms with E-state index in [4.69, 9.17) is 0 Å². The molecule has 0 aromatic carbocycles. The van der Waals surface area contributed by atoms with Gasteiger partial charge in [0.15, 0.2) is 0 Å². The first-order valence-electron chi connectivity index (χ1n) is 7.22. The van der Waals surface area contributed by atoms with E-state index in [1.807, 2.05) is 0 Å². The highest BCUT2D eigenvalue weighted by atomic mass is 16.3. The van der Waals surface area contributed by atoms with Crippen LogP contribution in [0.25, 0.3) is 0 Å². The van der Waals surface area contributed by atoms with Crippen molar-refractivity contribution < 1.29 is 5.11 Å². The van der Waals surface area contributed by atoms with Crippen LogP contribution in [0.15, 0.2) is 12.3 Å². The van der Waals surface area contributed by atoms with E-state index in [0.29, 0.717) is 12.6 Å². The Morgan fingerprint density at radius 3 is 3.00 bits per heavy atom. The summed E-state index contributed by atoms with van der Waals surface area (Å²) in [5, 5.41) is 17.5. The molecule has 1 saturated carbocycles. The summed E-state index contributed by atoms with van der Waals surface area (Å²) in [5.74, 6) is 0. The van der Waals surface area contributed by atoms with Gasteiger partial charge >= 0.3 is 0 Å². The van der Waals surface area contributed by atoms with E-state index < -0.39 is 0 Å². The molecule has 102 valence electrons. The molecule has 1 aliphatic carbocycles. The smallest absolute Gasteiger partial charge is 0.0762 e. The maximum atomic E-state index is 9.62. The summed E-state index contributed by atoms with van der Waals surface area (Å²) in [6.45, 7) is 3.50. The Labute approximate surface area is 109 Å². The van der Waals surface area contributed by atoms with Gasteiger partial charge in [-0.1, -0.05) is 26.2 Å². The standard InChI is InChI=1S/C14H25N3O/c1-2-5-14(18)11-15-10-12-8-9-17(16-12)13-6-3-4-7-13/h8-9,13-15,18H,2-7,10-11H2,1H3. The summed E-state index contributed by atoms with van der Waals surface area (Å²) < 4.78 is 2.12. The molecular weight excluding hydrogens is 226 g/mol. The van der Waals surface area contributed by atoms with Crippen molar-refractivity contribution in [1.29, 1.82) is 0 Å². The predicted octanol–water partition coefficient (Wildman–Crippen LogP) is 2.25. The topological polar surface area (TPSA) is 50.1 Å². The average Bonchev–Trinajstić information content (AvgIpc) is 2.99. The van der Waals surface area contributed by atoms with Gasteiger partial charge in [-0.15, -0.1) is 0 Å². The molecule has 2 rings (SSSR count). The number of nitrogens with zero attached hydrogens (tertiary/aromatic N) is 2. The van der Waals surface area contributed by atoms with Crippen LogP contribution in [0.1, 0.15) is 57.2 Å². The molecule has 1 atom stereocenters. The van der Waals surface area contributed by atoms with Crippen LogP contribution in [0.4, 0.5) is 0 Å². The highest BCUT2D eigenvalue weighted by molar-refractivity contribution is 4.99. The van der Waals surface area contributed by atoms with Gasteiger partial charge in [0.05, 0.1) is 17.8 Å². The van der Waals surface area contributed by atoms with Crippen molar-refractivity contribution in [3.8, 4) is 0 Å². The number of aromatic nitrogens is 2. The van der Waals surface area contributed by atoms with Crippen LogP contribution in [0.5, 0.6) is 0 Å². The summed E-state index contributed by atoms with van der Waals surface area (Å²) in [6.07, 6.45) is 8.96. The van der Waals surface area contributed by atoms with Gasteiger partial charge in [0.25, 0.3) is 0 Å². The van der Waals surface area contributed by atoms with Gasteiger partial charge < -0.3 is 10.4 Å². The van der Waals surface area contributed by atoms with Crippen molar-refractivity contribution in [2.45, 2.75) is 64.1 Å². The average molecular weight is 251 g/mol. The maximum absolute atomic E-state index is 9.62. The zero-order chi connectivity index (χ0) is 12.8. The number of aliphatic hydroxyl groups is 1. The third-order valence-electron chi connectivity index (χ3n) is 3.67. The zero-order valence-electron chi connectivity index (χ0n) is 11.3. The van der Waals surface area contributed by atoms with Crippen molar-refractivity contribution >= 4 is 0 Å². The molecule has 0 amide bonds. The quantitative estimate of drug-likeness (QED) is 0.781. The monoisotopic (exact) mass is 251 g/mol. The number of hydrogen-bond donors (Lipinski definition) is 2. The minimum absolute atomic E-state index is 0.230. The van der Waals surface area contributed by atoms with E-state index >= 15 is 0 Å². The minimum Gasteiger partial charge on any atom is -0.392 e. The van der Waals surface area contributed by atoms with Crippen LogP contribution in [0.2, 0.25) is 0 Å². The lowest BCUT2D eigenvalue weighted by molar-refractivity contribution is 0.160. The predicted molar refractivity (Wildman–Crippen MR) is 72.4 cm³/mol. The minimum atomic E-state index is -0.230. The van der Waals surface area contributed by atoms with Crippen molar-refractivity contribution in [2.75, 3.05) is 6.54 Å². The van der Waals surface area contributed by atoms with Crippen molar-refractivity contribution in [3.05, 3.63) is 18.0 Å². The molecule has 0 spiro atoms. The van der Waals surface area contributed by atoms with Gasteiger partial charge in [0, 0.05) is 19.3 Å². The molecule has 18 heavy (non-hydrogen) atoms. The van der Waals surface area contributed by atoms with Crippen molar-refractivity contribution in [2.24, 2.45) is 0 Å². The normalized spacial score (nSPS) is 18.3. The molecule has 1 aromatic heterocycles. The van der Waals surface area contributed by atoms with Crippen molar-refractivity contribution in [1.82, 2.24) is 15.1 Å². The number of aliphatic hydroxyl groups excluding tert-OH is 1. The zero-order valence-corrected chi connectivity index (χ0v) is 11.3. The molecule has 0 saturated heterocycles. The van der Waals surface area contributed by atoms with Gasteiger partial charge in [-0.25, -0.2) is 0 Å². The fourth-order valence-corrected chi connectivity index (χ4v) is 2.65. The number of hydrogen-bond acceptors (Lipinski definition) is 3. The molecular formula is C14H25N3O. The first kappa shape index (κ1) is 13.6. The van der Waals surface area contributed by atoms with Gasteiger partial charge in [0.2, 0.25) is 0 Å². The number of rotatable bonds is 7. The van der Waals surface area contributed by atoms with Gasteiger partial charge in [-0.3, -0.25) is 4.68 Å². The maximum Gasteiger partial charge on any atom is 0.0762 e. The van der Waals surface area contributed by atoms with Crippen LogP contribution in [-0.4, -0.2) is 27.5 Å². The second-order valence-corrected chi connectivity index (χ2v) is 5.30. The summed E-state index contributed by atoms with van der Waals surface area (Å²) in [4.78, 5) is 0. The fraction of sp³-hybridized carbons (Fsp3) is 0.786. The molecule has 0 radical (unpaired) electrons. The van der Waals surface area contributed by atoms with Gasteiger partial charge in [-0.05, 0) is 25.3 Å². The molecule has 1 heterocycles. The van der Waals surface area contributed by atoms with E-state index in [1.54, 1.807) is 0 Å². The summed E-state index contributed by atoms with van der Waals surface area (Å²) >= 11 is 0. The molecule has 4 nitrogen and oxygen atoms in total. The molecule has 0 bridgehead atoms. The first-order valence-corrected chi connectivity index (χ1v) is 7.22. The summed E-state index contributed by atoms with van der Waals surface area (Å²) in [5.41, 5.74) is 1.07. The SMILES string of the molecule is CCCC(O)CNCc1ccn(C2CCCC2)n1. The van der Waals surface area contributed by atoms with E-state index in [9.17, 15) is 5.11 Å². The van der Waals surface area contributed by atoms with Crippen LogP contribution in [-0.2, 0) is 6.54 Å². The lowest BCUT2D eigenvalue weighted by Crippen LogP contribution is -2.26. The molecule has 1 unspecified atom stereocenters. The first-order chi connectivity index (χ1) is 8.79. The lowest BCUT2D eigenvalue weighted by atomic mass is 10.2. The highest BCUT2D eigenvalue weighted by Crippen LogP contribution is 2.28. The fourth-order valence-electron chi connectivity index (χ4n) is 2.65. The second kappa shape index (κ2) is 6.90. The molecule has 1 fully saturated rings. The van der Waals surface area contributed by atoms with Crippen LogP contribution in [0, 0.1) is 0 Å². The van der Waals surface area contributed by atoms with Gasteiger partial charge in [-0.2, -0.15) is 5.10 Å². The van der Waals surface area contributed by atoms with Crippen molar-refractivity contribution in [3.63, 3.8) is 0 Å². The largest absolute Gasteiger partial charge is 0.392 e. The van der Waals surface area contributed by atoms with Crippen LogP contribution in [0.3, 0.4) is 0 Å². The Hall–Kier alpha value is -0.870. The Balaban J connectivity index is 1.73. The summed E-state index contributed by atoms with van der Waals surface area (Å²) in [6, 6.07) is 2.70. The van der Waals surface area contributed by atoms with Crippen LogP contribution >= 0.6 is 0 Å². The Bertz CT molecular complexity index is 345. The van der Waals surface area contributed by atoms with Crippen LogP contribution < -0.4 is 5.32 Å².